The van der Waals surface area contributed by atoms with Crippen molar-refractivity contribution in [2.24, 2.45) is 5.73 Å². The van der Waals surface area contributed by atoms with Gasteiger partial charge >= 0.3 is 0 Å². The quantitative estimate of drug-likeness (QED) is 0.416. The number of hydrogen-bond donors (Lipinski definition) is 3. The van der Waals surface area contributed by atoms with Crippen LogP contribution in [-0.2, 0) is 4.79 Å². The van der Waals surface area contributed by atoms with E-state index in [9.17, 15) is 14.9 Å². The molecule has 98 valence electrons. The molecule has 0 aliphatic carbocycles. The zero-order chi connectivity index (χ0) is 13.7. The molecule has 0 aliphatic heterocycles. The molecular weight excluding hydrogens is 238 g/mol. The minimum Gasteiger partial charge on any atom is -0.508 e. The summed E-state index contributed by atoms with van der Waals surface area (Å²) >= 11 is 0. The lowest BCUT2D eigenvalue weighted by atomic mass is 10.2. The predicted octanol–water partition coefficient (Wildman–Crippen LogP) is 1.37. The fourth-order valence-corrected chi connectivity index (χ4v) is 1.35. The largest absolute Gasteiger partial charge is 0.508 e. The number of nitrogens with zero attached hydrogens (tertiary/aromatic N) is 1. The van der Waals surface area contributed by atoms with Gasteiger partial charge in [0.1, 0.15) is 11.4 Å². The van der Waals surface area contributed by atoms with E-state index in [0.29, 0.717) is 6.42 Å². The standard InChI is InChI=1S/C11H15N3O4/c1-7(12)2-5-11(16)13-9-4-3-8(15)6-10(9)14(17)18/h3-4,6-7,15H,2,5,12H2,1H3,(H,13,16). The number of nitrogens with one attached hydrogen (secondary N) is 1. The van der Waals surface area contributed by atoms with Crippen molar-refractivity contribution < 1.29 is 14.8 Å². The summed E-state index contributed by atoms with van der Waals surface area (Å²) in [6, 6.07) is 3.44. The van der Waals surface area contributed by atoms with Crippen LogP contribution in [0.1, 0.15) is 19.8 Å². The zero-order valence-corrected chi connectivity index (χ0v) is 9.92. The summed E-state index contributed by atoms with van der Waals surface area (Å²) in [5.41, 5.74) is 5.23. The minimum atomic E-state index is -0.666. The molecule has 0 aromatic heterocycles. The van der Waals surface area contributed by atoms with Gasteiger partial charge in [0.15, 0.2) is 0 Å². The van der Waals surface area contributed by atoms with E-state index in [1.54, 1.807) is 6.92 Å². The maximum absolute atomic E-state index is 11.5. The van der Waals surface area contributed by atoms with Gasteiger partial charge in [0.05, 0.1) is 11.0 Å². The summed E-state index contributed by atoms with van der Waals surface area (Å²) in [5.74, 6) is -0.573. The second kappa shape index (κ2) is 5.97. The van der Waals surface area contributed by atoms with Crippen LogP contribution < -0.4 is 11.1 Å². The predicted molar refractivity (Wildman–Crippen MR) is 66.3 cm³/mol. The molecule has 0 saturated carbocycles. The molecule has 0 radical (unpaired) electrons. The van der Waals surface area contributed by atoms with E-state index in [0.717, 1.165) is 6.07 Å². The number of amides is 1. The third-order valence-corrected chi connectivity index (χ3v) is 2.28. The van der Waals surface area contributed by atoms with E-state index in [1.165, 1.54) is 12.1 Å². The van der Waals surface area contributed by atoms with Crippen LogP contribution in [0.15, 0.2) is 18.2 Å². The molecule has 1 unspecified atom stereocenters. The van der Waals surface area contributed by atoms with Gasteiger partial charge in [0.2, 0.25) is 5.91 Å². The lowest BCUT2D eigenvalue weighted by Crippen LogP contribution is -2.19. The van der Waals surface area contributed by atoms with Gasteiger partial charge in [-0.15, -0.1) is 0 Å². The average molecular weight is 253 g/mol. The number of nitro groups is 1. The van der Waals surface area contributed by atoms with Gasteiger partial charge in [0, 0.05) is 12.5 Å². The Bertz CT molecular complexity index is 460. The van der Waals surface area contributed by atoms with E-state index in [-0.39, 0.29) is 35.5 Å². The van der Waals surface area contributed by atoms with Crippen LogP contribution in [0.2, 0.25) is 0 Å². The highest BCUT2D eigenvalue weighted by Gasteiger charge is 2.16. The number of benzene rings is 1. The highest BCUT2D eigenvalue weighted by atomic mass is 16.6. The summed E-state index contributed by atoms with van der Waals surface area (Å²) in [7, 11) is 0. The fourth-order valence-electron chi connectivity index (χ4n) is 1.35. The van der Waals surface area contributed by atoms with Crippen molar-refractivity contribution in [3.8, 4) is 5.75 Å². The Labute approximate surface area is 104 Å². The van der Waals surface area contributed by atoms with Gasteiger partial charge in [-0.25, -0.2) is 0 Å². The van der Waals surface area contributed by atoms with E-state index in [4.69, 9.17) is 10.8 Å². The summed E-state index contributed by atoms with van der Waals surface area (Å²) in [4.78, 5) is 21.6. The number of rotatable bonds is 5. The number of carbonyl (C=O) groups excluding carboxylic acids is 1. The molecular formula is C11H15N3O4. The average Bonchev–Trinajstić information content (AvgIpc) is 2.28. The number of anilines is 1. The number of phenols is 1. The fraction of sp³-hybridized carbons (Fsp3) is 0.364. The van der Waals surface area contributed by atoms with Crippen LogP contribution in [0.5, 0.6) is 5.75 Å². The number of hydrogen-bond acceptors (Lipinski definition) is 5. The smallest absolute Gasteiger partial charge is 0.296 e. The highest BCUT2D eigenvalue weighted by molar-refractivity contribution is 5.93. The third-order valence-electron chi connectivity index (χ3n) is 2.28. The molecule has 1 rings (SSSR count). The monoisotopic (exact) mass is 253 g/mol. The molecule has 18 heavy (non-hydrogen) atoms. The molecule has 1 aromatic rings. The van der Waals surface area contributed by atoms with Gasteiger partial charge in [-0.2, -0.15) is 0 Å². The number of nitrogens with two attached hydrogens (primary N) is 1. The molecule has 0 bridgehead atoms. The van der Waals surface area contributed by atoms with Crippen LogP contribution in [0.4, 0.5) is 11.4 Å². The minimum absolute atomic E-state index is 0.0625. The summed E-state index contributed by atoms with van der Waals surface area (Å²) in [5, 5.41) is 22.3. The van der Waals surface area contributed by atoms with Gasteiger partial charge in [-0.1, -0.05) is 0 Å². The Morgan fingerprint density at radius 1 is 1.61 bits per heavy atom. The Hall–Kier alpha value is -2.15. The van der Waals surface area contributed by atoms with Crippen LogP contribution >= 0.6 is 0 Å². The van der Waals surface area contributed by atoms with Gasteiger partial charge < -0.3 is 16.2 Å². The Morgan fingerprint density at radius 3 is 2.83 bits per heavy atom. The van der Waals surface area contributed by atoms with Crippen molar-refractivity contribution in [2.75, 3.05) is 5.32 Å². The second-order valence-electron chi connectivity index (χ2n) is 4.02. The molecule has 7 nitrogen and oxygen atoms in total. The van der Waals surface area contributed by atoms with Crippen LogP contribution in [-0.4, -0.2) is 22.0 Å². The summed E-state index contributed by atoms with van der Waals surface area (Å²) in [6.45, 7) is 1.77. The first kappa shape index (κ1) is 13.9. The van der Waals surface area contributed by atoms with Gasteiger partial charge in [-0.3, -0.25) is 14.9 Å². The number of nitro benzene ring substituents is 1. The molecule has 4 N–H and O–H groups in total. The summed E-state index contributed by atoms with van der Waals surface area (Å²) < 4.78 is 0. The molecule has 0 saturated heterocycles. The van der Waals surface area contributed by atoms with Crippen molar-refractivity contribution in [1.82, 2.24) is 0 Å². The maximum Gasteiger partial charge on any atom is 0.296 e. The molecule has 1 aromatic carbocycles. The molecule has 1 atom stereocenters. The molecule has 0 fully saturated rings. The molecule has 0 heterocycles. The Balaban J connectivity index is 2.78. The summed E-state index contributed by atoms with van der Waals surface area (Å²) in [6.07, 6.45) is 0.688. The second-order valence-corrected chi connectivity index (χ2v) is 4.02. The number of carbonyl (C=O) groups is 1. The van der Waals surface area contributed by atoms with Crippen molar-refractivity contribution in [3.05, 3.63) is 28.3 Å². The van der Waals surface area contributed by atoms with E-state index in [2.05, 4.69) is 5.32 Å². The van der Waals surface area contributed by atoms with Crippen molar-refractivity contribution in [2.45, 2.75) is 25.8 Å². The first-order valence-electron chi connectivity index (χ1n) is 5.43. The van der Waals surface area contributed by atoms with Crippen molar-refractivity contribution >= 4 is 17.3 Å². The van der Waals surface area contributed by atoms with Gasteiger partial charge in [0.25, 0.3) is 5.69 Å². The lowest BCUT2D eigenvalue weighted by molar-refractivity contribution is -0.384. The van der Waals surface area contributed by atoms with Gasteiger partial charge in [-0.05, 0) is 25.5 Å². The van der Waals surface area contributed by atoms with Crippen LogP contribution in [0.3, 0.4) is 0 Å². The van der Waals surface area contributed by atoms with E-state index in [1.807, 2.05) is 0 Å². The SMILES string of the molecule is CC(N)CCC(=O)Nc1ccc(O)cc1[N+](=O)[O-]. The molecule has 0 spiro atoms. The van der Waals surface area contributed by atoms with Crippen LogP contribution in [0.25, 0.3) is 0 Å². The van der Waals surface area contributed by atoms with E-state index >= 15 is 0 Å². The normalized spacial score (nSPS) is 11.9. The van der Waals surface area contributed by atoms with Crippen LogP contribution in [0, 0.1) is 10.1 Å². The molecule has 7 heteroatoms. The lowest BCUT2D eigenvalue weighted by Gasteiger charge is -2.07. The number of phenolic OH excluding ortho intramolecular Hbond substituents is 1. The Kier molecular flexibility index (Phi) is 4.61. The van der Waals surface area contributed by atoms with E-state index < -0.39 is 4.92 Å². The van der Waals surface area contributed by atoms with Crippen molar-refractivity contribution in [1.29, 1.82) is 0 Å². The number of aromatic hydroxyl groups is 1. The molecule has 1 amide bonds. The molecule has 0 aliphatic rings. The first-order valence-corrected chi connectivity index (χ1v) is 5.43. The Morgan fingerprint density at radius 2 is 2.28 bits per heavy atom. The maximum atomic E-state index is 11.5. The third kappa shape index (κ3) is 4.02. The topological polar surface area (TPSA) is 118 Å². The zero-order valence-electron chi connectivity index (χ0n) is 9.92. The first-order chi connectivity index (χ1) is 8.40. The highest BCUT2D eigenvalue weighted by Crippen LogP contribution is 2.28. The van der Waals surface area contributed by atoms with Crippen molar-refractivity contribution in [3.63, 3.8) is 0 Å².